The second kappa shape index (κ2) is 6.58. The van der Waals surface area contributed by atoms with Gasteiger partial charge in [0.05, 0.1) is 25.7 Å². The monoisotopic (exact) mass is 214 g/mol. The van der Waals surface area contributed by atoms with Crippen LogP contribution in [-0.2, 0) is 23.9 Å². The number of methoxy groups -OCH3 is 2. The lowest BCUT2D eigenvalue weighted by atomic mass is 10.4. The van der Waals surface area contributed by atoms with Crippen molar-refractivity contribution in [3.8, 4) is 0 Å². The van der Waals surface area contributed by atoms with Crippen LogP contribution in [0.3, 0.4) is 0 Å². The standard InChI is InChI=1S/C9H12NO5/c1-6(2)10-15-7(9(12)14-4)5-8(11)13-3/h1-4H3/q-1. The Balaban J connectivity index is 4.73. The summed E-state index contributed by atoms with van der Waals surface area (Å²) in [6.45, 7) is 3.32. The second-order valence-corrected chi connectivity index (χ2v) is 2.57. The summed E-state index contributed by atoms with van der Waals surface area (Å²) < 4.78 is 8.62. The molecule has 84 valence electrons. The van der Waals surface area contributed by atoms with Crippen LogP contribution in [0.15, 0.2) is 10.9 Å². The van der Waals surface area contributed by atoms with Gasteiger partial charge in [-0.2, -0.15) is 0 Å². The van der Waals surface area contributed by atoms with Gasteiger partial charge in [-0.1, -0.05) is 5.16 Å². The molecule has 0 radical (unpaired) electrons. The summed E-state index contributed by atoms with van der Waals surface area (Å²) in [7, 11) is 2.30. The quantitative estimate of drug-likeness (QED) is 0.169. The summed E-state index contributed by atoms with van der Waals surface area (Å²) in [5, 5.41) is 3.49. The summed E-state index contributed by atoms with van der Waals surface area (Å²) in [6.07, 6.45) is 2.02. The molecule has 6 heteroatoms. The van der Waals surface area contributed by atoms with Crippen LogP contribution in [0.5, 0.6) is 0 Å². The molecule has 0 aromatic carbocycles. The summed E-state index contributed by atoms with van der Waals surface area (Å²) in [5.74, 6) is -2.16. The van der Waals surface area contributed by atoms with Gasteiger partial charge in [0.15, 0.2) is 0 Å². The molecule has 0 heterocycles. The van der Waals surface area contributed by atoms with Gasteiger partial charge in [0, 0.05) is 0 Å². The molecule has 6 nitrogen and oxygen atoms in total. The smallest absolute Gasteiger partial charge is 0.241 e. The molecule has 0 rings (SSSR count). The predicted molar refractivity (Wildman–Crippen MR) is 50.7 cm³/mol. The van der Waals surface area contributed by atoms with Crippen molar-refractivity contribution in [3.05, 3.63) is 11.8 Å². The lowest BCUT2D eigenvalue weighted by Crippen LogP contribution is -2.10. The molecule has 15 heavy (non-hydrogen) atoms. The van der Waals surface area contributed by atoms with E-state index in [1.807, 2.05) is 6.08 Å². The van der Waals surface area contributed by atoms with Crippen molar-refractivity contribution >= 4 is 17.7 Å². The number of rotatable bonds is 4. The second-order valence-electron chi connectivity index (χ2n) is 2.57. The topological polar surface area (TPSA) is 74.2 Å². The number of hydrogen-bond donors (Lipinski definition) is 0. The summed E-state index contributed by atoms with van der Waals surface area (Å²) in [5.41, 5.74) is 0.572. The number of esters is 2. The Labute approximate surface area is 87.5 Å². The van der Waals surface area contributed by atoms with Crippen molar-refractivity contribution in [2.45, 2.75) is 13.8 Å². The maximum atomic E-state index is 11.1. The molecule has 0 bridgehead atoms. The van der Waals surface area contributed by atoms with E-state index in [0.29, 0.717) is 5.71 Å². The first-order valence-electron chi connectivity index (χ1n) is 3.99. The minimum absolute atomic E-state index is 0.453. The molecule has 0 amide bonds. The van der Waals surface area contributed by atoms with Crippen molar-refractivity contribution in [1.29, 1.82) is 0 Å². The van der Waals surface area contributed by atoms with E-state index in [1.165, 1.54) is 0 Å². The van der Waals surface area contributed by atoms with Crippen molar-refractivity contribution < 1.29 is 23.9 Å². The van der Waals surface area contributed by atoms with E-state index in [-0.39, 0.29) is 0 Å². The van der Waals surface area contributed by atoms with Crippen LogP contribution >= 0.6 is 0 Å². The maximum absolute atomic E-state index is 11.1. The van der Waals surface area contributed by atoms with E-state index in [1.54, 1.807) is 13.8 Å². The molecular weight excluding hydrogens is 202 g/mol. The molecule has 0 aliphatic heterocycles. The van der Waals surface area contributed by atoms with Gasteiger partial charge in [-0.25, -0.2) is 0 Å². The largest absolute Gasteiger partial charge is 0.548 e. The number of ether oxygens (including phenoxy) is 2. The van der Waals surface area contributed by atoms with Gasteiger partial charge in [-0.15, -0.1) is 6.08 Å². The molecule has 0 saturated carbocycles. The van der Waals surface area contributed by atoms with E-state index in [9.17, 15) is 9.59 Å². The number of hydrogen-bond acceptors (Lipinski definition) is 6. The molecule has 0 N–H and O–H groups in total. The van der Waals surface area contributed by atoms with E-state index in [4.69, 9.17) is 0 Å². The molecule has 0 spiro atoms. The minimum Gasteiger partial charge on any atom is -0.548 e. The zero-order chi connectivity index (χ0) is 11.8. The molecule has 0 aromatic heterocycles. The predicted octanol–water partition coefficient (Wildman–Crippen LogP) is 0.432. The third-order valence-electron chi connectivity index (χ3n) is 1.09. The maximum Gasteiger partial charge on any atom is 0.241 e. The lowest BCUT2D eigenvalue weighted by Gasteiger charge is -2.12. The van der Waals surface area contributed by atoms with Gasteiger partial charge in [0.1, 0.15) is 0 Å². The molecule has 0 aliphatic carbocycles. The minimum atomic E-state index is -0.856. The first kappa shape index (κ1) is 13.2. The van der Waals surface area contributed by atoms with E-state index < -0.39 is 17.7 Å². The van der Waals surface area contributed by atoms with Crippen LogP contribution in [0.2, 0.25) is 0 Å². The van der Waals surface area contributed by atoms with Gasteiger partial charge in [-0.3, -0.25) is 4.79 Å². The zero-order valence-corrected chi connectivity index (χ0v) is 8.99. The Kier molecular flexibility index (Phi) is 5.77. The Morgan fingerprint density at radius 1 is 1.13 bits per heavy atom. The summed E-state index contributed by atoms with van der Waals surface area (Å²) in [6, 6.07) is 0. The van der Waals surface area contributed by atoms with E-state index >= 15 is 0 Å². The number of oxime groups is 1. The first-order chi connectivity index (χ1) is 7.01. The molecular formula is C9H12NO5-. The molecule has 0 aromatic rings. The fraction of sp³-hybridized carbons (Fsp3) is 0.444. The van der Waals surface area contributed by atoms with Crippen LogP contribution in [-0.4, -0.2) is 31.9 Å². The Morgan fingerprint density at radius 2 is 1.73 bits per heavy atom. The fourth-order valence-corrected chi connectivity index (χ4v) is 0.484. The van der Waals surface area contributed by atoms with Crippen molar-refractivity contribution in [3.63, 3.8) is 0 Å². The van der Waals surface area contributed by atoms with Gasteiger partial charge < -0.3 is 19.1 Å². The first-order valence-corrected chi connectivity index (χ1v) is 3.99. The van der Waals surface area contributed by atoms with Gasteiger partial charge in [0.25, 0.3) is 0 Å². The molecule has 0 aliphatic rings. The van der Waals surface area contributed by atoms with Crippen molar-refractivity contribution in [2.24, 2.45) is 5.16 Å². The summed E-state index contributed by atoms with van der Waals surface area (Å²) in [4.78, 5) is 26.5. The SMILES string of the molecule is COC(=O)[C-]=C(ON=C(C)C)C(=O)OC. The Hall–Kier alpha value is -1.85. The van der Waals surface area contributed by atoms with E-state index in [2.05, 4.69) is 19.5 Å². The molecule has 0 saturated heterocycles. The number of carbonyl (C=O) groups is 2. The fourth-order valence-electron chi connectivity index (χ4n) is 0.484. The highest BCUT2D eigenvalue weighted by atomic mass is 16.7. The van der Waals surface area contributed by atoms with Gasteiger partial charge in [-0.05, 0) is 13.8 Å². The number of carbonyl (C=O) groups excluding carboxylic acids is 2. The highest BCUT2D eigenvalue weighted by molar-refractivity contribution is 5.92. The van der Waals surface area contributed by atoms with Gasteiger partial charge in [0.2, 0.25) is 11.9 Å². The van der Waals surface area contributed by atoms with Crippen LogP contribution in [0, 0.1) is 6.08 Å². The average Bonchev–Trinajstić information content (AvgIpc) is 2.22. The summed E-state index contributed by atoms with van der Waals surface area (Å²) >= 11 is 0. The van der Waals surface area contributed by atoms with Crippen LogP contribution in [0.25, 0.3) is 0 Å². The molecule has 0 unspecified atom stereocenters. The third kappa shape index (κ3) is 5.45. The third-order valence-corrected chi connectivity index (χ3v) is 1.09. The average molecular weight is 214 g/mol. The Morgan fingerprint density at radius 3 is 2.13 bits per heavy atom. The highest BCUT2D eigenvalue weighted by Gasteiger charge is 2.01. The lowest BCUT2D eigenvalue weighted by molar-refractivity contribution is -0.142. The molecule has 0 fully saturated rings. The van der Waals surface area contributed by atoms with Crippen LogP contribution < -0.4 is 0 Å². The van der Waals surface area contributed by atoms with Crippen molar-refractivity contribution in [2.75, 3.05) is 14.2 Å². The van der Waals surface area contributed by atoms with E-state index in [0.717, 1.165) is 14.2 Å². The number of nitrogens with zero attached hydrogens (tertiary/aromatic N) is 1. The van der Waals surface area contributed by atoms with Gasteiger partial charge >= 0.3 is 0 Å². The highest BCUT2D eigenvalue weighted by Crippen LogP contribution is 2.01. The normalized spacial score (nSPS) is 10.3. The van der Waals surface area contributed by atoms with Crippen molar-refractivity contribution in [1.82, 2.24) is 0 Å². The van der Waals surface area contributed by atoms with Crippen LogP contribution in [0.1, 0.15) is 13.8 Å². The van der Waals surface area contributed by atoms with Crippen LogP contribution in [0.4, 0.5) is 0 Å². The zero-order valence-electron chi connectivity index (χ0n) is 8.99. The molecule has 0 atom stereocenters. The Bertz CT molecular complexity index is 302.